The number of hydrogen-bond donors (Lipinski definition) is 1. The Labute approximate surface area is 191 Å². The first-order valence-electron chi connectivity index (χ1n) is 10.1. The zero-order chi connectivity index (χ0) is 25.4. The van der Waals surface area contributed by atoms with Crippen LogP contribution in [0.25, 0.3) is 10.9 Å². The van der Waals surface area contributed by atoms with Gasteiger partial charge < -0.3 is 9.84 Å². The maximum absolute atomic E-state index is 14.2. The fraction of sp³-hybridized carbons (Fsp3) is 0.348. The average Bonchev–Trinajstić information content (AvgIpc) is 2.78. The van der Waals surface area contributed by atoms with Gasteiger partial charge in [0.2, 0.25) is 0 Å². The molecule has 0 amide bonds. The quantitative estimate of drug-likeness (QED) is 0.354. The van der Waals surface area contributed by atoms with Crippen LogP contribution in [-0.2, 0) is 0 Å². The zero-order valence-electron chi connectivity index (χ0n) is 18.6. The second kappa shape index (κ2) is 9.21. The summed E-state index contributed by atoms with van der Waals surface area (Å²) in [6.45, 7) is 3.99. The summed E-state index contributed by atoms with van der Waals surface area (Å²) in [5.41, 5.74) is -4.10. The molecular formula is C23H21F6N3O2. The summed E-state index contributed by atoms with van der Waals surface area (Å²) >= 11 is 0. The first kappa shape index (κ1) is 25.4. The van der Waals surface area contributed by atoms with E-state index in [1.807, 2.05) is 0 Å². The third-order valence-electron chi connectivity index (χ3n) is 5.85. The summed E-state index contributed by atoms with van der Waals surface area (Å²) in [6.07, 6.45) is -3.84. The molecule has 0 fully saturated rings. The van der Waals surface area contributed by atoms with Crippen molar-refractivity contribution in [1.29, 1.82) is 0 Å². The molecule has 34 heavy (non-hydrogen) atoms. The van der Waals surface area contributed by atoms with Crippen molar-refractivity contribution in [1.82, 2.24) is 9.97 Å². The molecule has 3 rings (SSSR count). The van der Waals surface area contributed by atoms with E-state index in [1.54, 1.807) is 0 Å². The number of alkyl halides is 3. The number of halogens is 6. The Bertz CT molecular complexity index is 1250. The Morgan fingerprint density at radius 3 is 2.41 bits per heavy atom. The highest BCUT2D eigenvalue weighted by atomic mass is 19.4. The summed E-state index contributed by atoms with van der Waals surface area (Å²) < 4.78 is 89.2. The summed E-state index contributed by atoms with van der Waals surface area (Å²) in [5.74, 6) is -5.71. The predicted octanol–water partition coefficient (Wildman–Crippen LogP) is 5.80. The fourth-order valence-electron chi connectivity index (χ4n) is 3.63. The molecule has 1 aromatic heterocycles. The van der Waals surface area contributed by atoms with E-state index in [0.717, 1.165) is 25.3 Å². The van der Waals surface area contributed by atoms with Crippen molar-refractivity contribution >= 4 is 22.8 Å². The van der Waals surface area contributed by atoms with Gasteiger partial charge in [0, 0.05) is 35.8 Å². The molecule has 3 unspecified atom stereocenters. The lowest BCUT2D eigenvalue weighted by molar-refractivity contribution is -0.246. The fourth-order valence-corrected chi connectivity index (χ4v) is 3.63. The third-order valence-corrected chi connectivity index (χ3v) is 5.85. The Kier molecular flexibility index (Phi) is 6.88. The van der Waals surface area contributed by atoms with Crippen molar-refractivity contribution in [3.05, 3.63) is 59.3 Å². The van der Waals surface area contributed by atoms with Crippen molar-refractivity contribution in [2.75, 3.05) is 7.11 Å². The topological polar surface area (TPSA) is 67.6 Å². The van der Waals surface area contributed by atoms with Gasteiger partial charge in [-0.3, -0.25) is 4.99 Å². The lowest BCUT2D eigenvalue weighted by Gasteiger charge is -2.36. The van der Waals surface area contributed by atoms with Crippen LogP contribution < -0.4 is 4.74 Å². The SMILES string of the molecule is COc1cc(F)ccc1C(C)C(C)C(O)(C=Nc1cc(F)c(F)c2nc(C)ncc12)C(F)(F)F. The van der Waals surface area contributed by atoms with Gasteiger partial charge in [0.05, 0.1) is 12.8 Å². The van der Waals surface area contributed by atoms with Crippen LogP contribution >= 0.6 is 0 Å². The molecule has 0 aliphatic heterocycles. The summed E-state index contributed by atoms with van der Waals surface area (Å²) in [7, 11) is 1.24. The van der Waals surface area contributed by atoms with Crippen molar-refractivity contribution in [3.8, 4) is 5.75 Å². The molecule has 0 aliphatic carbocycles. The highest BCUT2D eigenvalue weighted by molar-refractivity contribution is 5.92. The number of benzene rings is 2. The third kappa shape index (κ3) is 4.56. The summed E-state index contributed by atoms with van der Waals surface area (Å²) in [6, 6.07) is 3.96. The number of ether oxygens (including phenoxy) is 1. The first-order valence-corrected chi connectivity index (χ1v) is 10.1. The van der Waals surface area contributed by atoms with Gasteiger partial charge in [0.1, 0.15) is 22.9 Å². The van der Waals surface area contributed by atoms with Crippen molar-refractivity contribution in [2.24, 2.45) is 10.9 Å². The van der Waals surface area contributed by atoms with Gasteiger partial charge in [-0.15, -0.1) is 0 Å². The van der Waals surface area contributed by atoms with Crippen LogP contribution in [0, 0.1) is 30.3 Å². The lowest BCUT2D eigenvalue weighted by Crippen LogP contribution is -2.53. The number of aliphatic hydroxyl groups is 1. The van der Waals surface area contributed by atoms with Gasteiger partial charge in [-0.1, -0.05) is 19.9 Å². The van der Waals surface area contributed by atoms with Crippen LogP contribution in [0.3, 0.4) is 0 Å². The summed E-state index contributed by atoms with van der Waals surface area (Å²) in [5, 5.41) is 10.6. The number of hydrogen-bond acceptors (Lipinski definition) is 5. The largest absolute Gasteiger partial charge is 0.496 e. The molecule has 3 aromatic rings. The van der Waals surface area contributed by atoms with Gasteiger partial charge >= 0.3 is 6.18 Å². The van der Waals surface area contributed by atoms with Crippen LogP contribution in [0.4, 0.5) is 32.0 Å². The Morgan fingerprint density at radius 2 is 1.79 bits per heavy atom. The molecule has 0 radical (unpaired) electrons. The minimum atomic E-state index is -5.20. The number of aryl methyl sites for hydroxylation is 1. The van der Waals surface area contributed by atoms with Crippen LogP contribution in [0.5, 0.6) is 5.75 Å². The minimum absolute atomic E-state index is 0.0138. The van der Waals surface area contributed by atoms with E-state index in [0.29, 0.717) is 6.07 Å². The first-order chi connectivity index (χ1) is 15.8. The van der Waals surface area contributed by atoms with E-state index in [4.69, 9.17) is 4.74 Å². The van der Waals surface area contributed by atoms with Crippen LogP contribution in [0.1, 0.15) is 31.2 Å². The molecule has 2 aromatic carbocycles. The van der Waals surface area contributed by atoms with Crippen molar-refractivity contribution in [2.45, 2.75) is 38.5 Å². The predicted molar refractivity (Wildman–Crippen MR) is 114 cm³/mol. The van der Waals surface area contributed by atoms with Gasteiger partial charge in [-0.25, -0.2) is 23.1 Å². The van der Waals surface area contributed by atoms with Crippen LogP contribution in [0.15, 0.2) is 35.5 Å². The maximum atomic E-state index is 14.2. The molecule has 182 valence electrons. The standard InChI is InChI=1S/C23H21F6N3O2/c1-11(15-6-5-14(24)7-19(15)34-4)12(2)22(33,23(27,28)29)10-31-18-8-17(25)20(26)21-16(18)9-30-13(3)32-21/h5-12,33H,1-4H3. The average molecular weight is 485 g/mol. The van der Waals surface area contributed by atoms with Gasteiger partial charge in [-0.05, 0) is 24.5 Å². The molecule has 1 N–H and O–H groups in total. The maximum Gasteiger partial charge on any atom is 0.422 e. The van der Waals surface area contributed by atoms with E-state index in [9.17, 15) is 31.4 Å². The Hall–Kier alpha value is -3.21. The minimum Gasteiger partial charge on any atom is -0.496 e. The molecular weight excluding hydrogens is 464 g/mol. The van der Waals surface area contributed by atoms with Crippen LogP contribution in [-0.4, -0.2) is 40.2 Å². The lowest BCUT2D eigenvalue weighted by atomic mass is 9.77. The van der Waals surface area contributed by atoms with E-state index in [2.05, 4.69) is 15.0 Å². The molecule has 0 bridgehead atoms. The number of rotatable bonds is 6. The van der Waals surface area contributed by atoms with Crippen molar-refractivity contribution < 1.29 is 36.2 Å². The molecule has 0 aliphatic rings. The monoisotopic (exact) mass is 485 g/mol. The number of fused-ring (bicyclic) bond motifs is 1. The van der Waals surface area contributed by atoms with Gasteiger partial charge in [0.15, 0.2) is 17.2 Å². The van der Waals surface area contributed by atoms with E-state index in [1.165, 1.54) is 27.0 Å². The highest BCUT2D eigenvalue weighted by Crippen LogP contribution is 2.44. The number of methoxy groups -OCH3 is 1. The molecule has 0 saturated heterocycles. The molecule has 1 heterocycles. The molecule has 0 saturated carbocycles. The highest BCUT2D eigenvalue weighted by Gasteiger charge is 2.57. The summed E-state index contributed by atoms with van der Waals surface area (Å²) in [4.78, 5) is 11.3. The molecule has 0 spiro atoms. The number of aliphatic imine (C=N–C) groups is 1. The van der Waals surface area contributed by atoms with Crippen LogP contribution in [0.2, 0.25) is 0 Å². The molecule has 5 nitrogen and oxygen atoms in total. The Morgan fingerprint density at radius 1 is 1.12 bits per heavy atom. The molecule has 3 atom stereocenters. The van der Waals surface area contributed by atoms with E-state index in [-0.39, 0.29) is 28.7 Å². The Balaban J connectivity index is 2.10. The zero-order valence-corrected chi connectivity index (χ0v) is 18.6. The van der Waals surface area contributed by atoms with Crippen molar-refractivity contribution in [3.63, 3.8) is 0 Å². The number of nitrogens with zero attached hydrogens (tertiary/aromatic N) is 3. The smallest absolute Gasteiger partial charge is 0.422 e. The second-order valence-corrected chi connectivity index (χ2v) is 7.92. The van der Waals surface area contributed by atoms with E-state index >= 15 is 0 Å². The molecule has 11 heteroatoms. The van der Waals surface area contributed by atoms with E-state index < -0.39 is 52.3 Å². The second-order valence-electron chi connectivity index (χ2n) is 7.92. The van der Waals surface area contributed by atoms with Gasteiger partial charge in [0.25, 0.3) is 0 Å². The van der Waals surface area contributed by atoms with Gasteiger partial charge in [-0.2, -0.15) is 13.2 Å². The normalized spacial score (nSPS) is 16.0. The number of aromatic nitrogens is 2.